The first kappa shape index (κ1) is 25.0. The Morgan fingerprint density at radius 2 is 0.647 bits per heavy atom. The SMILES string of the molecule is Oc1cccc2cccnc12.Oc1cccc2cccnc12.Oc1cccc2cccnc12.[Y]. The van der Waals surface area contributed by atoms with Crippen molar-refractivity contribution < 1.29 is 48.0 Å². The Labute approximate surface area is 221 Å². The van der Waals surface area contributed by atoms with E-state index in [9.17, 15) is 15.3 Å². The number of pyridine rings is 3. The van der Waals surface area contributed by atoms with Crippen LogP contribution in [0.5, 0.6) is 17.2 Å². The van der Waals surface area contributed by atoms with Crippen LogP contribution >= 0.6 is 0 Å². The fourth-order valence-corrected chi connectivity index (χ4v) is 3.26. The first-order chi connectivity index (χ1) is 16.1. The van der Waals surface area contributed by atoms with Crippen LogP contribution < -0.4 is 0 Å². The van der Waals surface area contributed by atoms with Gasteiger partial charge in [0.25, 0.3) is 0 Å². The molecule has 0 aliphatic carbocycles. The average molecular weight is 524 g/mol. The van der Waals surface area contributed by atoms with Crippen LogP contribution in [0.25, 0.3) is 32.7 Å². The summed E-state index contributed by atoms with van der Waals surface area (Å²) in [6.07, 6.45) is 5.01. The van der Waals surface area contributed by atoms with Crippen molar-refractivity contribution in [3.8, 4) is 17.2 Å². The van der Waals surface area contributed by atoms with Crippen molar-refractivity contribution in [2.75, 3.05) is 0 Å². The van der Waals surface area contributed by atoms with E-state index in [0.29, 0.717) is 16.6 Å². The molecule has 34 heavy (non-hydrogen) atoms. The minimum absolute atomic E-state index is 0. The smallest absolute Gasteiger partial charge is 0.141 e. The van der Waals surface area contributed by atoms with Gasteiger partial charge in [-0.25, -0.2) is 0 Å². The number of hydrogen-bond acceptors (Lipinski definition) is 6. The van der Waals surface area contributed by atoms with Gasteiger partial charge in [0.1, 0.15) is 33.8 Å². The van der Waals surface area contributed by atoms with E-state index in [1.807, 2.05) is 54.6 Å². The zero-order chi connectivity index (χ0) is 23.0. The molecule has 3 heterocycles. The van der Waals surface area contributed by atoms with Gasteiger partial charge in [0.15, 0.2) is 0 Å². The van der Waals surface area contributed by atoms with Crippen LogP contribution in [0, 0.1) is 0 Å². The quantitative estimate of drug-likeness (QED) is 0.232. The van der Waals surface area contributed by atoms with Crippen molar-refractivity contribution in [3.05, 3.63) is 110 Å². The molecule has 0 saturated carbocycles. The number of nitrogens with zero attached hydrogens (tertiary/aromatic N) is 3. The Hall–Kier alpha value is -3.61. The second-order valence-corrected chi connectivity index (χ2v) is 7.06. The number of hydrogen-bond donors (Lipinski definition) is 3. The van der Waals surface area contributed by atoms with Crippen LogP contribution in [0.1, 0.15) is 0 Å². The number of benzene rings is 3. The maximum Gasteiger partial charge on any atom is 0.141 e. The summed E-state index contributed by atoms with van der Waals surface area (Å²) in [6, 6.07) is 27.4. The van der Waals surface area contributed by atoms with Crippen LogP contribution in [0.2, 0.25) is 0 Å². The van der Waals surface area contributed by atoms with Gasteiger partial charge < -0.3 is 15.3 Å². The minimum Gasteiger partial charge on any atom is -0.506 e. The molecular formula is C27H21N3O3Y. The van der Waals surface area contributed by atoms with Crippen molar-refractivity contribution in [2.24, 2.45) is 0 Å². The molecule has 0 atom stereocenters. The molecule has 1 radical (unpaired) electrons. The van der Waals surface area contributed by atoms with E-state index < -0.39 is 0 Å². The standard InChI is InChI=1S/3C9H7NO.Y/c3*11-8-5-1-3-7-4-2-6-10-9(7)8;/h3*1-6,11H;. The van der Waals surface area contributed by atoms with E-state index in [4.69, 9.17) is 0 Å². The molecule has 0 fully saturated rings. The predicted octanol–water partition coefficient (Wildman–Crippen LogP) is 5.82. The van der Waals surface area contributed by atoms with Crippen LogP contribution in [0.15, 0.2) is 110 Å². The molecule has 6 aromatic rings. The molecule has 3 aromatic heterocycles. The molecule has 0 spiro atoms. The molecule has 6 nitrogen and oxygen atoms in total. The molecule has 0 unspecified atom stereocenters. The van der Waals surface area contributed by atoms with Crippen molar-refractivity contribution in [1.82, 2.24) is 15.0 Å². The predicted molar refractivity (Wildman–Crippen MR) is 130 cm³/mol. The summed E-state index contributed by atoms with van der Waals surface area (Å²) < 4.78 is 0. The summed E-state index contributed by atoms with van der Waals surface area (Å²) in [5.74, 6) is 0.717. The maximum absolute atomic E-state index is 9.31. The number of phenolic OH excluding ortho intramolecular Hbond substituents is 3. The molecule has 0 aliphatic heterocycles. The molecule has 165 valence electrons. The molecule has 3 aromatic carbocycles. The van der Waals surface area contributed by atoms with Crippen LogP contribution in [0.4, 0.5) is 0 Å². The summed E-state index contributed by atoms with van der Waals surface area (Å²) in [4.78, 5) is 12.1. The summed E-state index contributed by atoms with van der Waals surface area (Å²) in [6.45, 7) is 0. The number of rotatable bonds is 0. The van der Waals surface area contributed by atoms with Crippen LogP contribution in [0.3, 0.4) is 0 Å². The second kappa shape index (κ2) is 12.0. The van der Waals surface area contributed by atoms with E-state index >= 15 is 0 Å². The Balaban J connectivity index is 0.000000141. The van der Waals surface area contributed by atoms with Crippen LogP contribution in [-0.4, -0.2) is 30.3 Å². The van der Waals surface area contributed by atoms with E-state index in [2.05, 4.69) is 15.0 Å². The summed E-state index contributed by atoms with van der Waals surface area (Å²) in [5.41, 5.74) is 1.99. The third-order valence-corrected chi connectivity index (χ3v) is 4.83. The number of fused-ring (bicyclic) bond motifs is 3. The summed E-state index contributed by atoms with van der Waals surface area (Å²) in [5, 5.41) is 30.8. The van der Waals surface area contributed by atoms with Gasteiger partial charge in [-0.1, -0.05) is 54.6 Å². The van der Waals surface area contributed by atoms with Gasteiger partial charge in [-0.15, -0.1) is 0 Å². The fraction of sp³-hybridized carbons (Fsp3) is 0. The van der Waals surface area contributed by atoms with E-state index in [1.54, 1.807) is 55.0 Å². The zero-order valence-corrected chi connectivity index (χ0v) is 21.0. The van der Waals surface area contributed by atoms with Crippen molar-refractivity contribution >= 4 is 32.7 Å². The topological polar surface area (TPSA) is 99.4 Å². The monoisotopic (exact) mass is 524 g/mol. The first-order valence-electron chi connectivity index (χ1n) is 10.2. The van der Waals surface area contributed by atoms with Gasteiger partial charge >= 0.3 is 0 Å². The number of aromatic hydroxyl groups is 3. The first-order valence-corrected chi connectivity index (χ1v) is 10.2. The zero-order valence-electron chi connectivity index (χ0n) is 18.2. The van der Waals surface area contributed by atoms with Crippen molar-refractivity contribution in [2.45, 2.75) is 0 Å². The van der Waals surface area contributed by atoms with Crippen molar-refractivity contribution in [3.63, 3.8) is 0 Å². The molecule has 0 amide bonds. The second-order valence-electron chi connectivity index (χ2n) is 7.06. The number of phenols is 3. The third kappa shape index (κ3) is 6.04. The van der Waals surface area contributed by atoms with Gasteiger partial charge in [-0.2, -0.15) is 0 Å². The molecule has 3 N–H and O–H groups in total. The molecule has 0 saturated heterocycles. The number of aromatic nitrogens is 3. The Kier molecular flexibility index (Phi) is 8.85. The van der Waals surface area contributed by atoms with Gasteiger partial charge in [0, 0.05) is 67.5 Å². The largest absolute Gasteiger partial charge is 0.506 e. The summed E-state index contributed by atoms with van der Waals surface area (Å²) in [7, 11) is 0. The van der Waals surface area contributed by atoms with Gasteiger partial charge in [-0.3, -0.25) is 15.0 Å². The van der Waals surface area contributed by atoms with Crippen LogP contribution in [-0.2, 0) is 32.7 Å². The maximum atomic E-state index is 9.31. The van der Waals surface area contributed by atoms with E-state index in [0.717, 1.165) is 16.2 Å². The Morgan fingerprint density at radius 1 is 0.382 bits per heavy atom. The molecular weight excluding hydrogens is 503 g/mol. The number of para-hydroxylation sites is 3. The normalized spacial score (nSPS) is 9.88. The van der Waals surface area contributed by atoms with E-state index in [-0.39, 0.29) is 50.0 Å². The Bertz CT molecular complexity index is 1330. The molecule has 0 bridgehead atoms. The molecule has 7 heteroatoms. The Morgan fingerprint density at radius 3 is 0.912 bits per heavy atom. The van der Waals surface area contributed by atoms with Gasteiger partial charge in [-0.05, 0) is 36.4 Å². The van der Waals surface area contributed by atoms with Crippen molar-refractivity contribution in [1.29, 1.82) is 0 Å². The third-order valence-electron chi connectivity index (χ3n) is 4.83. The van der Waals surface area contributed by atoms with E-state index in [1.165, 1.54) is 0 Å². The molecule has 6 rings (SSSR count). The minimum atomic E-state index is 0. The van der Waals surface area contributed by atoms with Gasteiger partial charge in [0.05, 0.1) is 0 Å². The summed E-state index contributed by atoms with van der Waals surface area (Å²) >= 11 is 0. The average Bonchev–Trinajstić information content (AvgIpc) is 2.86. The fourth-order valence-electron chi connectivity index (χ4n) is 3.26. The van der Waals surface area contributed by atoms with Gasteiger partial charge in [0.2, 0.25) is 0 Å². The molecule has 0 aliphatic rings.